The molecular formula is C21H19FO4S. The van der Waals surface area contributed by atoms with Crippen LogP contribution in [0.25, 0.3) is 10.1 Å². The predicted octanol–water partition coefficient (Wildman–Crippen LogP) is 5.19. The molecule has 0 aliphatic rings. The van der Waals surface area contributed by atoms with Gasteiger partial charge in [-0.05, 0) is 50.1 Å². The van der Waals surface area contributed by atoms with E-state index < -0.39 is 17.8 Å². The number of thiophene rings is 1. The van der Waals surface area contributed by atoms with Crippen LogP contribution in [0, 0.1) is 19.7 Å². The maximum Gasteiger partial charge on any atom is 0.348 e. The van der Waals surface area contributed by atoms with Gasteiger partial charge in [-0.1, -0.05) is 18.2 Å². The van der Waals surface area contributed by atoms with E-state index in [-0.39, 0.29) is 18.1 Å². The van der Waals surface area contributed by atoms with Crippen molar-refractivity contribution >= 4 is 33.4 Å². The number of hydrogen-bond acceptors (Lipinski definition) is 5. The van der Waals surface area contributed by atoms with Crippen LogP contribution < -0.4 is 0 Å². The molecule has 2 aromatic carbocycles. The van der Waals surface area contributed by atoms with Crippen molar-refractivity contribution in [1.82, 2.24) is 0 Å². The van der Waals surface area contributed by atoms with Crippen molar-refractivity contribution in [2.75, 3.05) is 6.61 Å². The minimum Gasteiger partial charge on any atom is -0.462 e. The monoisotopic (exact) mass is 386 g/mol. The third-order valence-electron chi connectivity index (χ3n) is 4.40. The zero-order valence-electron chi connectivity index (χ0n) is 15.3. The van der Waals surface area contributed by atoms with Crippen LogP contribution in [0.5, 0.6) is 0 Å². The number of aryl methyl sites for hydroxylation is 1. The Hall–Kier alpha value is -2.73. The third-order valence-corrected chi connectivity index (χ3v) is 5.57. The summed E-state index contributed by atoms with van der Waals surface area (Å²) < 4.78 is 25.5. The van der Waals surface area contributed by atoms with Gasteiger partial charge in [0.05, 0.1) is 12.2 Å². The molecule has 0 saturated heterocycles. The van der Waals surface area contributed by atoms with E-state index in [4.69, 9.17) is 9.47 Å². The van der Waals surface area contributed by atoms with E-state index in [9.17, 15) is 14.0 Å². The molecule has 0 atom stereocenters. The fraction of sp³-hybridized carbons (Fsp3) is 0.238. The first-order valence-electron chi connectivity index (χ1n) is 8.54. The number of esters is 2. The lowest BCUT2D eigenvalue weighted by atomic mass is 10.0. The molecule has 140 valence electrons. The van der Waals surface area contributed by atoms with E-state index >= 15 is 0 Å². The minimum atomic E-state index is -0.545. The molecule has 1 aromatic heterocycles. The summed E-state index contributed by atoms with van der Waals surface area (Å²) >= 11 is 1.13. The normalized spacial score (nSPS) is 10.8. The molecule has 6 heteroatoms. The second-order valence-corrected chi connectivity index (χ2v) is 7.12. The molecule has 0 radical (unpaired) electrons. The Labute approximate surface area is 160 Å². The molecule has 1 heterocycles. The number of hydrogen-bond donors (Lipinski definition) is 0. The van der Waals surface area contributed by atoms with Gasteiger partial charge in [0.15, 0.2) is 0 Å². The zero-order valence-corrected chi connectivity index (χ0v) is 16.1. The Morgan fingerprint density at radius 2 is 1.78 bits per heavy atom. The Morgan fingerprint density at radius 3 is 2.52 bits per heavy atom. The molecular weight excluding hydrogens is 367 g/mol. The minimum absolute atomic E-state index is 0.206. The first-order chi connectivity index (χ1) is 12.9. The Bertz CT molecular complexity index is 1020. The first kappa shape index (κ1) is 19.0. The van der Waals surface area contributed by atoms with E-state index in [2.05, 4.69) is 0 Å². The predicted molar refractivity (Wildman–Crippen MR) is 103 cm³/mol. The molecule has 3 rings (SSSR count). The van der Waals surface area contributed by atoms with E-state index in [1.807, 2.05) is 19.9 Å². The second-order valence-electron chi connectivity index (χ2n) is 6.07. The fourth-order valence-electron chi connectivity index (χ4n) is 2.85. The highest BCUT2D eigenvalue weighted by Gasteiger charge is 2.23. The molecule has 0 N–H and O–H groups in total. The quantitative estimate of drug-likeness (QED) is 0.566. The van der Waals surface area contributed by atoms with Crippen LogP contribution in [0.4, 0.5) is 4.39 Å². The molecule has 4 nitrogen and oxygen atoms in total. The molecule has 0 amide bonds. The van der Waals surface area contributed by atoms with E-state index in [1.54, 1.807) is 31.2 Å². The average molecular weight is 386 g/mol. The van der Waals surface area contributed by atoms with Gasteiger partial charge >= 0.3 is 11.9 Å². The van der Waals surface area contributed by atoms with Gasteiger partial charge in [0, 0.05) is 15.6 Å². The van der Waals surface area contributed by atoms with Crippen molar-refractivity contribution in [3.63, 3.8) is 0 Å². The highest BCUT2D eigenvalue weighted by molar-refractivity contribution is 7.21. The Kier molecular flexibility index (Phi) is 5.56. The molecule has 0 aliphatic carbocycles. The molecule has 0 aliphatic heterocycles. The fourth-order valence-corrected chi connectivity index (χ4v) is 3.97. The first-order valence-corrected chi connectivity index (χ1v) is 9.36. The van der Waals surface area contributed by atoms with Crippen LogP contribution >= 0.6 is 11.3 Å². The van der Waals surface area contributed by atoms with Gasteiger partial charge in [-0.15, -0.1) is 11.3 Å². The SMILES string of the molecule is CCOC(=O)c1sc2cccc(F)c2c1COC(=O)c1cccc(C)c1C. The summed E-state index contributed by atoms with van der Waals surface area (Å²) in [6.45, 7) is 5.45. The molecule has 0 spiro atoms. The van der Waals surface area contributed by atoms with Crippen molar-refractivity contribution in [2.24, 2.45) is 0 Å². The van der Waals surface area contributed by atoms with Crippen molar-refractivity contribution in [2.45, 2.75) is 27.4 Å². The Morgan fingerprint density at radius 1 is 1.04 bits per heavy atom. The van der Waals surface area contributed by atoms with E-state index in [1.165, 1.54) is 6.07 Å². The number of benzene rings is 2. The van der Waals surface area contributed by atoms with Crippen LogP contribution in [0.2, 0.25) is 0 Å². The highest BCUT2D eigenvalue weighted by atomic mass is 32.1. The summed E-state index contributed by atoms with van der Waals surface area (Å²) in [4.78, 5) is 25.1. The van der Waals surface area contributed by atoms with Gasteiger partial charge in [-0.2, -0.15) is 0 Å². The molecule has 0 unspecified atom stereocenters. The third kappa shape index (κ3) is 3.71. The van der Waals surface area contributed by atoms with Crippen molar-refractivity contribution in [3.05, 3.63) is 69.3 Å². The lowest BCUT2D eigenvalue weighted by molar-refractivity contribution is 0.0453. The Balaban J connectivity index is 1.96. The van der Waals surface area contributed by atoms with Gasteiger partial charge in [0.1, 0.15) is 17.3 Å². The number of rotatable bonds is 5. The highest BCUT2D eigenvalue weighted by Crippen LogP contribution is 2.34. The maximum absolute atomic E-state index is 14.4. The van der Waals surface area contributed by atoms with E-state index in [0.29, 0.717) is 21.2 Å². The van der Waals surface area contributed by atoms with Crippen LogP contribution in [0.1, 0.15) is 43.6 Å². The van der Waals surface area contributed by atoms with E-state index in [0.717, 1.165) is 22.5 Å². The van der Waals surface area contributed by atoms with Gasteiger partial charge < -0.3 is 9.47 Å². The van der Waals surface area contributed by atoms with Crippen molar-refractivity contribution < 1.29 is 23.5 Å². The average Bonchev–Trinajstić information content (AvgIpc) is 3.02. The largest absolute Gasteiger partial charge is 0.462 e. The lowest BCUT2D eigenvalue weighted by Gasteiger charge is -2.10. The van der Waals surface area contributed by atoms with Crippen LogP contribution in [0.15, 0.2) is 36.4 Å². The summed E-state index contributed by atoms with van der Waals surface area (Å²) in [5, 5.41) is 0.291. The van der Waals surface area contributed by atoms with Gasteiger partial charge in [0.25, 0.3) is 0 Å². The molecule has 27 heavy (non-hydrogen) atoms. The van der Waals surface area contributed by atoms with Gasteiger partial charge in [-0.25, -0.2) is 14.0 Å². The van der Waals surface area contributed by atoms with Gasteiger partial charge in [-0.3, -0.25) is 0 Å². The molecule has 0 bridgehead atoms. The molecule has 0 fully saturated rings. The summed E-state index contributed by atoms with van der Waals surface area (Å²) in [5.74, 6) is -1.52. The summed E-state index contributed by atoms with van der Waals surface area (Å²) in [7, 11) is 0. The number of ether oxygens (including phenoxy) is 2. The maximum atomic E-state index is 14.4. The van der Waals surface area contributed by atoms with Crippen LogP contribution in [0.3, 0.4) is 0 Å². The topological polar surface area (TPSA) is 52.6 Å². The van der Waals surface area contributed by atoms with Crippen molar-refractivity contribution in [1.29, 1.82) is 0 Å². The van der Waals surface area contributed by atoms with Gasteiger partial charge in [0.2, 0.25) is 0 Å². The summed E-state index contributed by atoms with van der Waals surface area (Å²) in [5.41, 5.74) is 2.59. The number of halogens is 1. The smallest absolute Gasteiger partial charge is 0.348 e. The summed E-state index contributed by atoms with van der Waals surface area (Å²) in [6, 6.07) is 10.00. The number of carbonyl (C=O) groups excluding carboxylic acids is 2. The number of fused-ring (bicyclic) bond motifs is 1. The standard InChI is InChI=1S/C21H19FO4S/c1-4-25-21(24)19-15(18-16(22)9-6-10-17(18)27-19)11-26-20(23)14-8-5-7-12(2)13(14)3/h5-10H,4,11H2,1-3H3. The van der Waals surface area contributed by atoms with Crippen LogP contribution in [-0.4, -0.2) is 18.5 Å². The van der Waals surface area contributed by atoms with Crippen LogP contribution in [-0.2, 0) is 16.1 Å². The lowest BCUT2D eigenvalue weighted by Crippen LogP contribution is -2.11. The second kappa shape index (κ2) is 7.88. The summed E-state index contributed by atoms with van der Waals surface area (Å²) in [6.07, 6.45) is 0. The molecule has 3 aromatic rings. The molecule has 0 saturated carbocycles. The van der Waals surface area contributed by atoms with Crippen molar-refractivity contribution in [3.8, 4) is 0 Å². The number of carbonyl (C=O) groups is 2. The zero-order chi connectivity index (χ0) is 19.6.